The Morgan fingerprint density at radius 3 is 2.38 bits per heavy atom. The van der Waals surface area contributed by atoms with Crippen LogP contribution in [0.1, 0.15) is 15.9 Å². The summed E-state index contributed by atoms with van der Waals surface area (Å²) in [7, 11) is 0. The van der Waals surface area contributed by atoms with Gasteiger partial charge in [0.1, 0.15) is 5.58 Å². The second-order valence-electron chi connectivity index (χ2n) is 6.66. The van der Waals surface area contributed by atoms with E-state index in [1.165, 1.54) is 0 Å². The topological polar surface area (TPSA) is 50.4 Å². The molecule has 0 unspecified atom stereocenters. The molecule has 1 N–H and O–H groups in total. The maximum Gasteiger partial charge on any atom is 0.194 e. The van der Waals surface area contributed by atoms with Crippen LogP contribution in [0.3, 0.4) is 0 Å². The Kier molecular flexibility index (Phi) is 2.38. The first kappa shape index (κ1) is 13.7. The van der Waals surface area contributed by atoms with Crippen LogP contribution in [0.2, 0.25) is 0 Å². The molecular formula is C23H12O3. The predicted molar refractivity (Wildman–Crippen MR) is 102 cm³/mol. The van der Waals surface area contributed by atoms with Gasteiger partial charge < -0.3 is 9.52 Å². The third-order valence-electron chi connectivity index (χ3n) is 5.31. The van der Waals surface area contributed by atoms with Crippen LogP contribution < -0.4 is 0 Å². The van der Waals surface area contributed by atoms with Crippen LogP contribution >= 0.6 is 0 Å². The molecule has 0 saturated carbocycles. The lowest BCUT2D eigenvalue weighted by atomic mass is 9.95. The monoisotopic (exact) mass is 336 g/mol. The van der Waals surface area contributed by atoms with Crippen LogP contribution in [-0.2, 0) is 0 Å². The summed E-state index contributed by atoms with van der Waals surface area (Å²) in [5.41, 5.74) is 4.43. The van der Waals surface area contributed by atoms with Crippen LogP contribution in [-0.4, -0.2) is 10.9 Å². The lowest BCUT2D eigenvalue weighted by Gasteiger charge is -2.07. The van der Waals surface area contributed by atoms with Gasteiger partial charge in [0, 0.05) is 21.9 Å². The summed E-state index contributed by atoms with van der Waals surface area (Å²) in [6, 6.07) is 21.0. The molecule has 1 heterocycles. The van der Waals surface area contributed by atoms with Gasteiger partial charge in [0.15, 0.2) is 17.1 Å². The van der Waals surface area contributed by atoms with E-state index in [9.17, 15) is 9.90 Å². The first-order chi connectivity index (χ1) is 12.7. The van der Waals surface area contributed by atoms with Crippen molar-refractivity contribution in [3.63, 3.8) is 0 Å². The Morgan fingerprint density at radius 2 is 1.50 bits per heavy atom. The number of furan rings is 1. The van der Waals surface area contributed by atoms with E-state index in [1.807, 2.05) is 60.7 Å². The molecule has 0 fully saturated rings. The number of ketones is 1. The molecule has 4 aromatic carbocycles. The van der Waals surface area contributed by atoms with E-state index in [-0.39, 0.29) is 11.5 Å². The lowest BCUT2D eigenvalue weighted by Crippen LogP contribution is -1.96. The fourth-order valence-corrected chi connectivity index (χ4v) is 4.20. The normalized spacial score (nSPS) is 12.8. The maximum atomic E-state index is 13.0. The summed E-state index contributed by atoms with van der Waals surface area (Å²) < 4.78 is 5.86. The number of carbonyl (C=O) groups excluding carboxylic acids is 1. The standard InChI is InChI=1S/C23H12O3/c24-18-11-17-14(21-16-7-3-4-8-19(16)26-23(18)21)10-9-13-12-5-1-2-6-15(12)22(25)20(13)17/h1-11,24H. The number of carbonyl (C=O) groups is 1. The van der Waals surface area contributed by atoms with Crippen LogP contribution in [0.15, 0.2) is 71.1 Å². The lowest BCUT2D eigenvalue weighted by molar-refractivity contribution is 0.104. The Bertz CT molecular complexity index is 1410. The highest BCUT2D eigenvalue weighted by atomic mass is 16.4. The molecule has 1 aliphatic carbocycles. The van der Waals surface area contributed by atoms with Crippen LogP contribution in [0, 0.1) is 0 Å². The minimum Gasteiger partial charge on any atom is -0.504 e. The van der Waals surface area contributed by atoms with Crippen molar-refractivity contribution in [1.29, 1.82) is 0 Å². The smallest absolute Gasteiger partial charge is 0.194 e. The molecule has 0 atom stereocenters. The van der Waals surface area contributed by atoms with E-state index in [4.69, 9.17) is 4.42 Å². The highest BCUT2D eigenvalue weighted by Crippen LogP contribution is 2.45. The number of aromatic hydroxyl groups is 1. The zero-order valence-corrected chi connectivity index (χ0v) is 13.6. The van der Waals surface area contributed by atoms with Crippen molar-refractivity contribution in [1.82, 2.24) is 0 Å². The summed E-state index contributed by atoms with van der Waals surface area (Å²) >= 11 is 0. The summed E-state index contributed by atoms with van der Waals surface area (Å²) in [6.45, 7) is 0. The molecule has 5 aromatic rings. The van der Waals surface area contributed by atoms with E-state index in [1.54, 1.807) is 6.07 Å². The second-order valence-corrected chi connectivity index (χ2v) is 6.66. The van der Waals surface area contributed by atoms with Gasteiger partial charge in [-0.25, -0.2) is 0 Å². The van der Waals surface area contributed by atoms with E-state index in [2.05, 4.69) is 0 Å². The first-order valence-corrected chi connectivity index (χ1v) is 8.48. The molecule has 0 saturated heterocycles. The van der Waals surface area contributed by atoms with Gasteiger partial charge in [-0.05, 0) is 34.0 Å². The van der Waals surface area contributed by atoms with Gasteiger partial charge in [-0.3, -0.25) is 4.79 Å². The SMILES string of the molecule is O=C1c2ccccc2-c2ccc3c(cc(O)c4oc5ccccc5c43)c21. The van der Waals surface area contributed by atoms with Crippen molar-refractivity contribution in [3.8, 4) is 16.9 Å². The number of hydrogen-bond acceptors (Lipinski definition) is 3. The van der Waals surface area contributed by atoms with Crippen molar-refractivity contribution in [2.24, 2.45) is 0 Å². The predicted octanol–water partition coefficient (Wildman–Crippen LogP) is 5.66. The molecule has 0 aliphatic heterocycles. The maximum absolute atomic E-state index is 13.0. The summed E-state index contributed by atoms with van der Waals surface area (Å²) in [6.07, 6.45) is 0. The highest BCUT2D eigenvalue weighted by Gasteiger charge is 2.29. The molecule has 0 spiro atoms. The highest BCUT2D eigenvalue weighted by molar-refractivity contribution is 6.31. The van der Waals surface area contributed by atoms with Gasteiger partial charge in [-0.15, -0.1) is 0 Å². The first-order valence-electron chi connectivity index (χ1n) is 8.48. The third-order valence-corrected chi connectivity index (χ3v) is 5.31. The minimum absolute atomic E-state index is 0.00718. The molecule has 3 heteroatoms. The van der Waals surface area contributed by atoms with Gasteiger partial charge in [0.05, 0.1) is 0 Å². The van der Waals surface area contributed by atoms with E-state index < -0.39 is 0 Å². The van der Waals surface area contributed by atoms with Crippen molar-refractivity contribution in [2.75, 3.05) is 0 Å². The molecule has 3 nitrogen and oxygen atoms in total. The summed E-state index contributed by atoms with van der Waals surface area (Å²) in [4.78, 5) is 13.0. The van der Waals surface area contributed by atoms with Gasteiger partial charge in [0.2, 0.25) is 0 Å². The average Bonchev–Trinajstić information content (AvgIpc) is 3.20. The van der Waals surface area contributed by atoms with Crippen LogP contribution in [0.4, 0.5) is 0 Å². The summed E-state index contributed by atoms with van der Waals surface area (Å²) in [5.74, 6) is 0.0635. The fourth-order valence-electron chi connectivity index (χ4n) is 4.20. The molecule has 0 radical (unpaired) electrons. The quantitative estimate of drug-likeness (QED) is 0.389. The van der Waals surface area contributed by atoms with Crippen LogP contribution in [0.25, 0.3) is 43.8 Å². The van der Waals surface area contributed by atoms with Crippen molar-refractivity contribution in [3.05, 3.63) is 77.9 Å². The Labute approximate surface area is 148 Å². The number of para-hydroxylation sites is 1. The van der Waals surface area contributed by atoms with Gasteiger partial charge in [-0.2, -0.15) is 0 Å². The van der Waals surface area contributed by atoms with E-state index >= 15 is 0 Å². The Balaban J connectivity index is 1.84. The zero-order valence-electron chi connectivity index (χ0n) is 13.6. The third kappa shape index (κ3) is 1.51. The second kappa shape index (κ2) is 4.52. The molecule has 122 valence electrons. The minimum atomic E-state index is 0.00718. The molecule has 0 bridgehead atoms. The molecule has 1 aromatic heterocycles. The molecule has 26 heavy (non-hydrogen) atoms. The number of rotatable bonds is 0. The molecule has 0 amide bonds. The van der Waals surface area contributed by atoms with Crippen molar-refractivity contribution >= 4 is 38.5 Å². The Hall–Kier alpha value is -3.59. The fraction of sp³-hybridized carbons (Fsp3) is 0. The van der Waals surface area contributed by atoms with Gasteiger partial charge in [0.25, 0.3) is 0 Å². The molecular weight excluding hydrogens is 324 g/mol. The van der Waals surface area contributed by atoms with Gasteiger partial charge >= 0.3 is 0 Å². The number of fused-ring (bicyclic) bond motifs is 9. The number of phenolic OH excluding ortho intramolecular Hbond substituents is 1. The van der Waals surface area contributed by atoms with Crippen molar-refractivity contribution in [2.45, 2.75) is 0 Å². The molecule has 1 aliphatic rings. The summed E-state index contributed by atoms with van der Waals surface area (Å²) in [5, 5.41) is 14.1. The largest absolute Gasteiger partial charge is 0.504 e. The van der Waals surface area contributed by atoms with E-state index in [0.29, 0.717) is 16.7 Å². The Morgan fingerprint density at radius 1 is 0.731 bits per heavy atom. The zero-order chi connectivity index (χ0) is 17.4. The average molecular weight is 336 g/mol. The van der Waals surface area contributed by atoms with Crippen LogP contribution in [0.5, 0.6) is 5.75 Å². The van der Waals surface area contributed by atoms with Crippen molar-refractivity contribution < 1.29 is 14.3 Å². The number of benzene rings is 4. The van der Waals surface area contributed by atoms with E-state index in [0.717, 1.165) is 38.3 Å². The molecule has 6 rings (SSSR count). The number of phenols is 1. The van der Waals surface area contributed by atoms with Gasteiger partial charge in [-0.1, -0.05) is 54.6 Å². The number of hydrogen-bond donors (Lipinski definition) is 1.